The second-order valence-corrected chi connectivity index (χ2v) is 5.76. The van der Waals surface area contributed by atoms with Crippen LogP contribution in [0.3, 0.4) is 0 Å². The molecule has 122 valence electrons. The van der Waals surface area contributed by atoms with Crippen LogP contribution in [0.1, 0.15) is 18.6 Å². The quantitative estimate of drug-likeness (QED) is 0.738. The van der Waals surface area contributed by atoms with Gasteiger partial charge in [0.15, 0.2) is 5.82 Å². The van der Waals surface area contributed by atoms with Crippen LogP contribution in [0, 0.1) is 0 Å². The van der Waals surface area contributed by atoms with E-state index in [9.17, 15) is 4.79 Å². The van der Waals surface area contributed by atoms with Gasteiger partial charge in [-0.15, -0.1) is 0 Å². The second-order valence-electron chi connectivity index (χ2n) is 5.76. The molecule has 0 bridgehead atoms. The Morgan fingerprint density at radius 3 is 2.91 bits per heavy atom. The maximum atomic E-state index is 12.3. The van der Waals surface area contributed by atoms with Gasteiger partial charge in [0.25, 0.3) is 11.8 Å². The zero-order chi connectivity index (χ0) is 15.5. The summed E-state index contributed by atoms with van der Waals surface area (Å²) in [7, 11) is 2.00. The van der Waals surface area contributed by atoms with E-state index in [-0.39, 0.29) is 18.1 Å². The highest BCUT2D eigenvalue weighted by Crippen LogP contribution is 2.17. The van der Waals surface area contributed by atoms with E-state index in [1.165, 1.54) is 0 Å². The fourth-order valence-corrected chi connectivity index (χ4v) is 2.54. The van der Waals surface area contributed by atoms with Gasteiger partial charge in [-0.3, -0.25) is 4.79 Å². The maximum absolute atomic E-state index is 12.3. The van der Waals surface area contributed by atoms with Crippen molar-refractivity contribution >= 4 is 5.91 Å². The smallest absolute Gasteiger partial charge is 0.253 e. The number of amides is 1. The van der Waals surface area contributed by atoms with E-state index in [4.69, 9.17) is 14.0 Å². The molecule has 0 aliphatic carbocycles. The van der Waals surface area contributed by atoms with Gasteiger partial charge < -0.3 is 23.8 Å². The van der Waals surface area contributed by atoms with Crippen LogP contribution < -0.4 is 0 Å². The van der Waals surface area contributed by atoms with Gasteiger partial charge in [-0.2, -0.15) is 4.98 Å². The van der Waals surface area contributed by atoms with Crippen LogP contribution in [-0.2, 0) is 27.3 Å². The summed E-state index contributed by atoms with van der Waals surface area (Å²) in [6.07, 6.45) is 0.426. The Kier molecular flexibility index (Phi) is 4.70. The summed E-state index contributed by atoms with van der Waals surface area (Å²) in [6, 6.07) is 0. The number of likely N-dealkylation sites (tertiary alicyclic amines) is 1. The molecule has 0 saturated carbocycles. The van der Waals surface area contributed by atoms with Gasteiger partial charge in [-0.1, -0.05) is 12.1 Å². The summed E-state index contributed by atoms with van der Waals surface area (Å²) in [5, 5.41) is 3.82. The Labute approximate surface area is 129 Å². The number of nitrogens with zero attached hydrogens (tertiary/aromatic N) is 4. The molecule has 1 aromatic heterocycles. The first kappa shape index (κ1) is 15.4. The van der Waals surface area contributed by atoms with Gasteiger partial charge in [0.1, 0.15) is 12.7 Å². The lowest BCUT2D eigenvalue weighted by atomic mass is 10.1. The molecule has 3 rings (SSSR count). The van der Waals surface area contributed by atoms with Crippen molar-refractivity contribution < 1.29 is 18.8 Å². The highest BCUT2D eigenvalue weighted by Gasteiger charge is 2.37. The topological polar surface area (TPSA) is 80.9 Å². The van der Waals surface area contributed by atoms with Gasteiger partial charge in [0.05, 0.1) is 12.7 Å². The molecule has 8 nitrogen and oxygen atoms in total. The molecule has 8 heteroatoms. The largest absolute Gasteiger partial charge is 0.366 e. The van der Waals surface area contributed by atoms with Gasteiger partial charge in [-0.25, -0.2) is 0 Å². The summed E-state index contributed by atoms with van der Waals surface area (Å²) in [6.45, 7) is 5.59. The third kappa shape index (κ3) is 3.45. The number of aryl methyl sites for hydroxylation is 1. The van der Waals surface area contributed by atoms with Crippen LogP contribution in [0.4, 0.5) is 0 Å². The predicted octanol–water partition coefficient (Wildman–Crippen LogP) is -0.310. The van der Waals surface area contributed by atoms with Gasteiger partial charge in [-0.05, 0) is 7.05 Å². The van der Waals surface area contributed by atoms with E-state index < -0.39 is 0 Å². The molecule has 0 spiro atoms. The van der Waals surface area contributed by atoms with Crippen LogP contribution in [0.5, 0.6) is 0 Å². The third-order valence-corrected chi connectivity index (χ3v) is 3.97. The van der Waals surface area contributed by atoms with Crippen molar-refractivity contribution in [3.05, 3.63) is 11.7 Å². The Morgan fingerprint density at radius 2 is 2.23 bits per heavy atom. The van der Waals surface area contributed by atoms with Crippen molar-refractivity contribution in [2.24, 2.45) is 0 Å². The number of aromatic nitrogens is 2. The number of hydrogen-bond donors (Lipinski definition) is 0. The van der Waals surface area contributed by atoms with Gasteiger partial charge in [0.2, 0.25) is 0 Å². The lowest BCUT2D eigenvalue weighted by molar-refractivity contribution is -0.163. The number of morpholine rings is 1. The zero-order valence-corrected chi connectivity index (χ0v) is 13.0. The number of carbonyl (C=O) groups is 1. The molecule has 0 radical (unpaired) electrons. The normalized spacial score (nSPS) is 23.5. The monoisotopic (exact) mass is 310 g/mol. The lowest BCUT2D eigenvalue weighted by Gasteiger charge is -2.41. The average Bonchev–Trinajstić information content (AvgIpc) is 2.93. The Hall–Kier alpha value is -1.51. The van der Waals surface area contributed by atoms with Crippen molar-refractivity contribution in [1.29, 1.82) is 0 Å². The molecule has 22 heavy (non-hydrogen) atoms. The fraction of sp³-hybridized carbons (Fsp3) is 0.786. The Morgan fingerprint density at radius 1 is 1.41 bits per heavy atom. The second kappa shape index (κ2) is 6.72. The molecule has 1 amide bonds. The Balaban J connectivity index is 1.39. The molecule has 1 atom stereocenters. The number of likely N-dealkylation sites (N-methyl/N-ethyl adjacent to an activating group) is 1. The first-order valence-electron chi connectivity index (χ1n) is 7.67. The molecule has 0 N–H and O–H groups in total. The highest BCUT2D eigenvalue weighted by atomic mass is 16.5. The van der Waals surface area contributed by atoms with Crippen molar-refractivity contribution in [3.8, 4) is 0 Å². The van der Waals surface area contributed by atoms with E-state index in [1.54, 1.807) is 4.90 Å². The van der Waals surface area contributed by atoms with Crippen LogP contribution >= 0.6 is 0 Å². The molecule has 1 aromatic rings. The van der Waals surface area contributed by atoms with E-state index in [0.29, 0.717) is 44.6 Å². The van der Waals surface area contributed by atoms with Gasteiger partial charge in [0, 0.05) is 32.6 Å². The molecular weight excluding hydrogens is 288 g/mol. The van der Waals surface area contributed by atoms with Crippen molar-refractivity contribution in [2.75, 3.05) is 39.8 Å². The standard InChI is InChI=1S/C14H22N4O4/c1-3-12-15-13(22-16-12)9-21-10-6-18(7-10)14(19)11-8-17(2)4-5-20-11/h10-11H,3-9H2,1-2H3. The van der Waals surface area contributed by atoms with E-state index in [0.717, 1.165) is 13.0 Å². The number of ether oxygens (including phenoxy) is 2. The molecule has 2 saturated heterocycles. The van der Waals surface area contributed by atoms with Crippen molar-refractivity contribution in [3.63, 3.8) is 0 Å². The van der Waals surface area contributed by atoms with Crippen LogP contribution in [0.15, 0.2) is 4.52 Å². The average molecular weight is 310 g/mol. The first-order chi connectivity index (χ1) is 10.7. The van der Waals surface area contributed by atoms with Crippen molar-refractivity contribution in [1.82, 2.24) is 19.9 Å². The molecule has 2 aliphatic rings. The third-order valence-electron chi connectivity index (χ3n) is 3.97. The maximum Gasteiger partial charge on any atom is 0.253 e. The Bertz CT molecular complexity index is 515. The van der Waals surface area contributed by atoms with E-state index in [2.05, 4.69) is 15.0 Å². The molecule has 2 aliphatic heterocycles. The minimum atomic E-state index is -0.345. The van der Waals surface area contributed by atoms with Crippen LogP contribution in [-0.4, -0.2) is 77.9 Å². The van der Waals surface area contributed by atoms with Crippen molar-refractivity contribution in [2.45, 2.75) is 32.2 Å². The van der Waals surface area contributed by atoms with E-state index in [1.807, 2.05) is 14.0 Å². The summed E-state index contributed by atoms with van der Waals surface area (Å²) >= 11 is 0. The van der Waals surface area contributed by atoms with Crippen LogP contribution in [0.25, 0.3) is 0 Å². The highest BCUT2D eigenvalue weighted by molar-refractivity contribution is 5.82. The SMILES string of the molecule is CCc1noc(COC2CN(C(=O)C3CN(C)CCO3)C2)n1. The number of rotatable bonds is 5. The summed E-state index contributed by atoms with van der Waals surface area (Å²) < 4.78 is 16.3. The summed E-state index contributed by atoms with van der Waals surface area (Å²) in [5.41, 5.74) is 0. The summed E-state index contributed by atoms with van der Waals surface area (Å²) in [5.74, 6) is 1.22. The number of hydrogen-bond acceptors (Lipinski definition) is 7. The molecule has 0 aromatic carbocycles. The van der Waals surface area contributed by atoms with Crippen LogP contribution in [0.2, 0.25) is 0 Å². The molecule has 3 heterocycles. The fourth-order valence-electron chi connectivity index (χ4n) is 2.54. The lowest BCUT2D eigenvalue weighted by Crippen LogP contribution is -2.60. The minimum Gasteiger partial charge on any atom is -0.366 e. The predicted molar refractivity (Wildman–Crippen MR) is 76.1 cm³/mol. The zero-order valence-electron chi connectivity index (χ0n) is 13.0. The first-order valence-corrected chi connectivity index (χ1v) is 7.67. The molecular formula is C14H22N4O4. The summed E-state index contributed by atoms with van der Waals surface area (Å²) in [4.78, 5) is 20.3. The van der Waals surface area contributed by atoms with Gasteiger partial charge >= 0.3 is 0 Å². The number of carbonyl (C=O) groups excluding carboxylic acids is 1. The molecule has 2 fully saturated rings. The molecule has 1 unspecified atom stereocenters. The minimum absolute atomic E-state index is 0.0299. The van der Waals surface area contributed by atoms with E-state index >= 15 is 0 Å².